The first-order valence-electron chi connectivity index (χ1n) is 11.1. The van der Waals surface area contributed by atoms with Crippen LogP contribution in [-0.4, -0.2) is 52.1 Å². The summed E-state index contributed by atoms with van der Waals surface area (Å²) < 4.78 is 7.31. The molecule has 3 aliphatic rings. The number of ether oxygens (including phenoxy) is 1. The van der Waals surface area contributed by atoms with Gasteiger partial charge in [0.15, 0.2) is 0 Å². The van der Waals surface area contributed by atoms with Gasteiger partial charge in [0.25, 0.3) is 0 Å². The van der Waals surface area contributed by atoms with E-state index in [2.05, 4.69) is 31.9 Å². The zero-order chi connectivity index (χ0) is 20.9. The monoisotopic (exact) mass is 434 g/mol. The van der Waals surface area contributed by atoms with E-state index >= 15 is 0 Å². The minimum atomic E-state index is 0.0970. The number of hydrogen-bond donors (Lipinski definition) is 0. The number of anilines is 1. The first-order chi connectivity index (χ1) is 15.2. The van der Waals surface area contributed by atoms with Crippen LogP contribution in [0.25, 0.3) is 10.2 Å². The molecule has 1 saturated carbocycles. The molecule has 2 aliphatic heterocycles. The van der Waals surface area contributed by atoms with E-state index in [0.29, 0.717) is 18.0 Å². The summed E-state index contributed by atoms with van der Waals surface area (Å²) in [6.45, 7) is 3.70. The number of nitrogens with zero attached hydrogens (tertiary/aromatic N) is 4. The van der Waals surface area contributed by atoms with Crippen molar-refractivity contribution in [3.8, 4) is 5.75 Å². The van der Waals surface area contributed by atoms with Crippen LogP contribution in [0.3, 0.4) is 0 Å². The van der Waals surface area contributed by atoms with E-state index < -0.39 is 0 Å². The number of carbonyl (C=O) groups excluding carboxylic acids is 1. The first-order valence-corrected chi connectivity index (χ1v) is 12.0. The number of benzene rings is 1. The van der Waals surface area contributed by atoms with Crippen LogP contribution in [0.15, 0.2) is 42.0 Å². The Labute approximate surface area is 185 Å². The minimum Gasteiger partial charge on any atom is -0.489 e. The van der Waals surface area contributed by atoms with Gasteiger partial charge in [-0.25, -0.2) is 4.98 Å². The summed E-state index contributed by atoms with van der Waals surface area (Å²) >= 11 is 1.61. The van der Waals surface area contributed by atoms with Crippen molar-refractivity contribution < 1.29 is 9.53 Å². The lowest BCUT2D eigenvalue weighted by Crippen LogP contribution is -2.58. The smallest absolute Gasteiger partial charge is 0.226 e. The van der Waals surface area contributed by atoms with E-state index in [4.69, 9.17) is 4.74 Å². The lowest BCUT2D eigenvalue weighted by molar-refractivity contribution is -0.142. The zero-order valence-corrected chi connectivity index (χ0v) is 18.4. The molecule has 2 saturated heterocycles. The summed E-state index contributed by atoms with van der Waals surface area (Å²) in [5.41, 5.74) is 5.13. The fourth-order valence-electron chi connectivity index (χ4n) is 5.45. The second kappa shape index (κ2) is 7.48. The highest BCUT2D eigenvalue weighted by Crippen LogP contribution is 2.39. The highest BCUT2D eigenvalue weighted by molar-refractivity contribution is 7.17. The van der Waals surface area contributed by atoms with Gasteiger partial charge in [0.2, 0.25) is 5.91 Å². The summed E-state index contributed by atoms with van der Waals surface area (Å²) in [6, 6.07) is 11.1. The third kappa shape index (κ3) is 3.35. The predicted octanol–water partition coefficient (Wildman–Crippen LogP) is 4.04. The minimum absolute atomic E-state index is 0.0970. The number of aryl methyl sites for hydroxylation is 1. The number of amides is 1. The highest BCUT2D eigenvalue weighted by Gasteiger charge is 2.45. The lowest BCUT2D eigenvalue weighted by Gasteiger charge is -2.45. The van der Waals surface area contributed by atoms with Crippen molar-refractivity contribution in [3.63, 3.8) is 0 Å². The van der Waals surface area contributed by atoms with Crippen molar-refractivity contribution in [1.82, 2.24) is 14.9 Å². The second-order valence-corrected chi connectivity index (χ2v) is 9.91. The molecule has 6 nitrogen and oxygen atoms in total. The molecule has 31 heavy (non-hydrogen) atoms. The van der Waals surface area contributed by atoms with Crippen molar-refractivity contribution in [2.75, 3.05) is 18.0 Å². The Hall–Kier alpha value is -2.67. The fraction of sp³-hybridized carbons (Fsp3) is 0.458. The number of likely N-dealkylation sites (tertiary alicyclic amines) is 1. The van der Waals surface area contributed by atoms with Gasteiger partial charge in [0, 0.05) is 48.7 Å². The van der Waals surface area contributed by atoms with Crippen LogP contribution in [0.5, 0.6) is 5.75 Å². The van der Waals surface area contributed by atoms with E-state index in [0.717, 1.165) is 60.4 Å². The molecule has 7 heteroatoms. The predicted molar refractivity (Wildman–Crippen MR) is 122 cm³/mol. The number of thiazole rings is 1. The molecular weight excluding hydrogens is 408 g/mol. The van der Waals surface area contributed by atoms with E-state index in [-0.39, 0.29) is 12.0 Å². The summed E-state index contributed by atoms with van der Waals surface area (Å²) in [6.07, 6.45) is 5.96. The van der Waals surface area contributed by atoms with Gasteiger partial charge in [0.05, 0.1) is 15.7 Å². The normalized spacial score (nSPS) is 27.4. The van der Waals surface area contributed by atoms with E-state index in [9.17, 15) is 4.79 Å². The summed E-state index contributed by atoms with van der Waals surface area (Å²) in [5.74, 6) is 1.31. The third-order valence-corrected chi connectivity index (χ3v) is 7.89. The molecule has 2 unspecified atom stereocenters. The average Bonchev–Trinajstić information content (AvgIpc) is 3.32. The van der Waals surface area contributed by atoms with Crippen LogP contribution >= 0.6 is 11.3 Å². The largest absolute Gasteiger partial charge is 0.489 e. The van der Waals surface area contributed by atoms with Crippen molar-refractivity contribution in [2.45, 2.75) is 50.8 Å². The number of aromatic nitrogens is 2. The molecule has 4 heterocycles. The van der Waals surface area contributed by atoms with Crippen molar-refractivity contribution in [2.24, 2.45) is 5.92 Å². The van der Waals surface area contributed by atoms with Crippen LogP contribution < -0.4 is 9.64 Å². The summed E-state index contributed by atoms with van der Waals surface area (Å²) in [7, 11) is 0. The zero-order valence-electron chi connectivity index (χ0n) is 17.6. The molecule has 0 N–H and O–H groups in total. The molecular formula is C24H26N4O2S. The molecule has 1 amide bonds. The maximum absolute atomic E-state index is 13.2. The number of pyridine rings is 1. The van der Waals surface area contributed by atoms with Crippen molar-refractivity contribution >= 4 is 33.1 Å². The SMILES string of the molecule is Cc1cc(N2C3CCC2CN(C(=O)C2CC(Oc4cccc5ncsc45)C2)C3)ccn1. The molecule has 2 bridgehead atoms. The quantitative estimate of drug-likeness (QED) is 0.620. The molecule has 3 aromatic rings. The van der Waals surface area contributed by atoms with Crippen LogP contribution in [0, 0.1) is 12.8 Å². The van der Waals surface area contributed by atoms with Crippen molar-refractivity contribution in [3.05, 3.63) is 47.7 Å². The maximum Gasteiger partial charge on any atom is 0.226 e. The maximum atomic E-state index is 13.2. The summed E-state index contributed by atoms with van der Waals surface area (Å²) in [4.78, 5) is 26.5. The van der Waals surface area contributed by atoms with Gasteiger partial charge in [-0.05, 0) is 56.9 Å². The third-order valence-electron chi connectivity index (χ3n) is 7.03. The average molecular weight is 435 g/mol. The Kier molecular flexibility index (Phi) is 4.60. The molecule has 0 spiro atoms. The first kappa shape index (κ1) is 19.0. The molecule has 1 aliphatic carbocycles. The lowest BCUT2D eigenvalue weighted by atomic mass is 9.81. The van der Waals surface area contributed by atoms with Gasteiger partial charge in [-0.15, -0.1) is 11.3 Å². The van der Waals surface area contributed by atoms with Gasteiger partial charge >= 0.3 is 0 Å². The Bertz CT molecular complexity index is 1110. The molecule has 6 rings (SSSR count). The Morgan fingerprint density at radius 1 is 1.13 bits per heavy atom. The van der Waals surface area contributed by atoms with Crippen LogP contribution in [-0.2, 0) is 4.79 Å². The standard InChI is InChI=1S/C24H26N4O2S/c1-15-9-17(7-8-25-15)28-18-5-6-19(28)13-27(12-18)24(29)16-10-20(11-16)30-22-4-2-3-21-23(22)31-14-26-21/h2-4,7-9,14,16,18-20H,5-6,10-13H2,1H3. The number of rotatable bonds is 4. The molecule has 2 atom stereocenters. The van der Waals surface area contributed by atoms with Crippen LogP contribution in [0.1, 0.15) is 31.4 Å². The number of hydrogen-bond acceptors (Lipinski definition) is 6. The Morgan fingerprint density at radius 3 is 2.71 bits per heavy atom. The molecule has 0 radical (unpaired) electrons. The van der Waals surface area contributed by atoms with Gasteiger partial charge in [0.1, 0.15) is 11.9 Å². The fourth-order valence-corrected chi connectivity index (χ4v) is 6.20. The van der Waals surface area contributed by atoms with Gasteiger partial charge in [-0.1, -0.05) is 6.07 Å². The van der Waals surface area contributed by atoms with Crippen molar-refractivity contribution in [1.29, 1.82) is 0 Å². The molecule has 1 aromatic carbocycles. The van der Waals surface area contributed by atoms with Gasteiger partial charge < -0.3 is 14.5 Å². The molecule has 160 valence electrons. The van der Waals surface area contributed by atoms with E-state index in [1.807, 2.05) is 36.8 Å². The number of piperazine rings is 1. The van der Waals surface area contributed by atoms with E-state index in [1.165, 1.54) is 5.69 Å². The van der Waals surface area contributed by atoms with Crippen LogP contribution in [0.4, 0.5) is 5.69 Å². The summed E-state index contributed by atoms with van der Waals surface area (Å²) in [5, 5.41) is 0. The number of fused-ring (bicyclic) bond motifs is 3. The van der Waals surface area contributed by atoms with Gasteiger partial charge in [-0.2, -0.15) is 0 Å². The second-order valence-electron chi connectivity index (χ2n) is 9.06. The highest BCUT2D eigenvalue weighted by atomic mass is 32.1. The number of carbonyl (C=O) groups is 1. The Morgan fingerprint density at radius 2 is 1.94 bits per heavy atom. The molecule has 3 fully saturated rings. The Balaban J connectivity index is 1.08. The molecule has 2 aromatic heterocycles. The van der Waals surface area contributed by atoms with E-state index in [1.54, 1.807) is 11.3 Å². The van der Waals surface area contributed by atoms with Gasteiger partial charge in [-0.3, -0.25) is 9.78 Å². The van der Waals surface area contributed by atoms with Crippen LogP contribution in [0.2, 0.25) is 0 Å². The topological polar surface area (TPSA) is 58.6 Å².